The maximum atomic E-state index is 12.9. The third-order valence-corrected chi connectivity index (χ3v) is 7.77. The largest absolute Gasteiger partial charge is 0.495 e. The molecule has 32 heavy (non-hydrogen) atoms. The number of aromatic nitrogens is 2. The molecule has 0 radical (unpaired) electrons. The van der Waals surface area contributed by atoms with E-state index in [1.54, 1.807) is 12.1 Å². The molecule has 2 aromatic carbocycles. The summed E-state index contributed by atoms with van der Waals surface area (Å²) in [7, 11) is -2.33. The summed E-state index contributed by atoms with van der Waals surface area (Å²) in [6.07, 6.45) is 1.06. The van der Waals surface area contributed by atoms with Gasteiger partial charge in [0.05, 0.1) is 19.1 Å². The van der Waals surface area contributed by atoms with E-state index >= 15 is 0 Å². The fourth-order valence-corrected chi connectivity index (χ4v) is 5.88. The lowest BCUT2D eigenvalue weighted by Gasteiger charge is -2.29. The molecule has 0 fully saturated rings. The average Bonchev–Trinajstić information content (AvgIpc) is 3.19. The predicted octanol–water partition coefficient (Wildman–Crippen LogP) is 3.94. The van der Waals surface area contributed by atoms with Crippen molar-refractivity contribution in [1.29, 1.82) is 0 Å². The number of nitrogens with one attached hydrogen (secondary N) is 1. The normalized spacial score (nSPS) is 12.2. The smallest absolute Gasteiger partial charge is 0.249 e. The second-order valence-corrected chi connectivity index (χ2v) is 11.1. The first-order chi connectivity index (χ1) is 15.2. The van der Waals surface area contributed by atoms with Crippen LogP contribution in [0, 0.1) is 6.92 Å². The van der Waals surface area contributed by atoms with Crippen LogP contribution in [0.15, 0.2) is 52.9 Å². The molecule has 0 aliphatic carbocycles. The van der Waals surface area contributed by atoms with Crippen molar-refractivity contribution in [2.24, 2.45) is 0 Å². The Labute approximate surface area is 196 Å². The van der Waals surface area contributed by atoms with Gasteiger partial charge in [0.2, 0.25) is 21.1 Å². The van der Waals surface area contributed by atoms with Crippen LogP contribution in [0.1, 0.15) is 18.1 Å². The van der Waals surface area contributed by atoms with E-state index in [1.807, 2.05) is 43.3 Å². The zero-order chi connectivity index (χ0) is 23.3. The number of benzene rings is 2. The van der Waals surface area contributed by atoms with Crippen molar-refractivity contribution in [2.45, 2.75) is 30.0 Å². The first kappa shape index (κ1) is 24.0. The molecular weight excluding hydrogens is 468 g/mol. The van der Waals surface area contributed by atoms with E-state index in [0.717, 1.165) is 27.4 Å². The number of sulfonamides is 1. The highest BCUT2D eigenvalue weighted by Gasteiger charge is 2.32. The van der Waals surface area contributed by atoms with Gasteiger partial charge < -0.3 is 4.74 Å². The minimum absolute atomic E-state index is 0.300. The molecule has 1 heterocycles. The maximum Gasteiger partial charge on any atom is 0.249 e. The molecule has 170 valence electrons. The van der Waals surface area contributed by atoms with Crippen molar-refractivity contribution in [3.63, 3.8) is 0 Å². The molecule has 0 unspecified atom stereocenters. The lowest BCUT2D eigenvalue weighted by Crippen LogP contribution is -2.45. The van der Waals surface area contributed by atoms with Crippen molar-refractivity contribution in [1.82, 2.24) is 10.2 Å². The number of anilines is 2. The Morgan fingerprint density at radius 3 is 2.59 bits per heavy atom. The summed E-state index contributed by atoms with van der Waals surface area (Å²) in [5.41, 5.74) is 2.29. The lowest BCUT2D eigenvalue weighted by atomic mass is 10.2. The van der Waals surface area contributed by atoms with Crippen LogP contribution in [0.4, 0.5) is 10.8 Å². The van der Waals surface area contributed by atoms with Crippen molar-refractivity contribution < 1.29 is 17.9 Å². The van der Waals surface area contributed by atoms with E-state index in [9.17, 15) is 13.2 Å². The zero-order valence-electron chi connectivity index (χ0n) is 18.1. The Kier molecular flexibility index (Phi) is 7.75. The molecule has 11 heteroatoms. The van der Waals surface area contributed by atoms with E-state index in [4.69, 9.17) is 4.74 Å². The Balaban J connectivity index is 1.75. The fourth-order valence-electron chi connectivity index (χ4n) is 3.00. The van der Waals surface area contributed by atoms with Gasteiger partial charge in [-0.1, -0.05) is 59.5 Å². The minimum atomic E-state index is -3.78. The maximum absolute atomic E-state index is 12.9. The number of hydrogen-bond acceptors (Lipinski definition) is 8. The van der Waals surface area contributed by atoms with Gasteiger partial charge in [-0.25, -0.2) is 8.42 Å². The van der Waals surface area contributed by atoms with Crippen LogP contribution in [0.2, 0.25) is 0 Å². The summed E-state index contributed by atoms with van der Waals surface area (Å²) < 4.78 is 32.3. The summed E-state index contributed by atoms with van der Waals surface area (Å²) in [5.74, 6) is 0.570. The van der Waals surface area contributed by atoms with Crippen LogP contribution in [-0.4, -0.2) is 43.9 Å². The second kappa shape index (κ2) is 10.3. The Morgan fingerprint density at radius 1 is 1.22 bits per heavy atom. The standard InChI is InChI=1S/C21H24N4O4S3/c1-14-10-11-18(29-3)17(12-14)25(32(4,27)28)15(2)19(26)22-20-23-24-21(31-20)30-13-16-8-6-5-7-9-16/h5-12,15H,13H2,1-4H3,(H,22,23,26)/t15-/m1/s1. The number of ether oxygens (including phenoxy) is 1. The molecule has 8 nitrogen and oxygen atoms in total. The molecule has 0 aliphatic rings. The van der Waals surface area contributed by atoms with Crippen molar-refractivity contribution in [3.8, 4) is 5.75 Å². The molecule has 0 spiro atoms. The Morgan fingerprint density at radius 2 is 1.94 bits per heavy atom. The predicted molar refractivity (Wildman–Crippen MR) is 129 cm³/mol. The summed E-state index contributed by atoms with van der Waals surface area (Å²) in [6.45, 7) is 3.36. The van der Waals surface area contributed by atoms with E-state index in [2.05, 4.69) is 15.5 Å². The summed E-state index contributed by atoms with van der Waals surface area (Å²) in [4.78, 5) is 12.9. The highest BCUT2D eigenvalue weighted by Crippen LogP contribution is 2.33. The Bertz CT molecular complexity index is 1180. The quantitative estimate of drug-likeness (QED) is 0.357. The fraction of sp³-hybridized carbons (Fsp3) is 0.286. The van der Waals surface area contributed by atoms with Gasteiger partial charge >= 0.3 is 0 Å². The third-order valence-electron chi connectivity index (χ3n) is 4.50. The van der Waals surface area contributed by atoms with Crippen LogP contribution in [0.3, 0.4) is 0 Å². The van der Waals surface area contributed by atoms with Crippen molar-refractivity contribution >= 4 is 49.8 Å². The zero-order valence-corrected chi connectivity index (χ0v) is 20.6. The SMILES string of the molecule is COc1ccc(C)cc1N([C@H](C)C(=O)Nc1nnc(SCc2ccccc2)s1)S(C)(=O)=O. The van der Waals surface area contributed by atoms with E-state index in [1.165, 1.54) is 37.1 Å². The van der Waals surface area contributed by atoms with Crippen LogP contribution >= 0.6 is 23.1 Å². The van der Waals surface area contributed by atoms with Gasteiger partial charge in [-0.2, -0.15) is 0 Å². The Hall–Kier alpha value is -2.63. The molecule has 1 atom stereocenters. The molecule has 3 rings (SSSR count). The van der Waals surface area contributed by atoms with E-state index in [-0.39, 0.29) is 0 Å². The van der Waals surface area contributed by atoms with E-state index in [0.29, 0.717) is 20.9 Å². The highest BCUT2D eigenvalue weighted by atomic mass is 32.2. The van der Waals surface area contributed by atoms with Crippen LogP contribution in [-0.2, 0) is 20.6 Å². The molecule has 1 aromatic heterocycles. The highest BCUT2D eigenvalue weighted by molar-refractivity contribution is 8.00. The van der Waals surface area contributed by atoms with Crippen LogP contribution in [0.25, 0.3) is 0 Å². The van der Waals surface area contributed by atoms with Crippen LogP contribution < -0.4 is 14.4 Å². The van der Waals surface area contributed by atoms with Gasteiger partial charge in [0, 0.05) is 5.75 Å². The average molecular weight is 493 g/mol. The summed E-state index contributed by atoms with van der Waals surface area (Å²) in [6, 6.07) is 14.1. The monoisotopic (exact) mass is 492 g/mol. The number of hydrogen-bond donors (Lipinski definition) is 1. The number of nitrogens with zero attached hydrogens (tertiary/aromatic N) is 3. The second-order valence-electron chi connectivity index (χ2n) is 7.05. The first-order valence-corrected chi connectivity index (χ1v) is 13.3. The van der Waals surface area contributed by atoms with Gasteiger partial charge in [0.15, 0.2) is 4.34 Å². The lowest BCUT2D eigenvalue weighted by molar-refractivity contribution is -0.116. The van der Waals surface area contributed by atoms with Gasteiger partial charge in [0.1, 0.15) is 11.8 Å². The first-order valence-electron chi connectivity index (χ1n) is 9.64. The third kappa shape index (κ3) is 5.99. The minimum Gasteiger partial charge on any atom is -0.495 e. The number of thioether (sulfide) groups is 1. The molecule has 1 amide bonds. The summed E-state index contributed by atoms with van der Waals surface area (Å²) >= 11 is 2.75. The van der Waals surface area contributed by atoms with Crippen molar-refractivity contribution in [2.75, 3.05) is 23.0 Å². The molecule has 0 bridgehead atoms. The van der Waals surface area contributed by atoms with Gasteiger partial charge in [-0.15, -0.1) is 10.2 Å². The molecule has 1 N–H and O–H groups in total. The number of aryl methyl sites for hydroxylation is 1. The number of amides is 1. The number of rotatable bonds is 9. The van der Waals surface area contributed by atoms with Gasteiger partial charge in [-0.05, 0) is 37.1 Å². The number of carbonyl (C=O) groups excluding carboxylic acids is 1. The van der Waals surface area contributed by atoms with Gasteiger partial charge in [-0.3, -0.25) is 14.4 Å². The molecule has 0 saturated heterocycles. The molecule has 0 aliphatic heterocycles. The topological polar surface area (TPSA) is 101 Å². The summed E-state index contributed by atoms with van der Waals surface area (Å²) in [5, 5.41) is 11.1. The van der Waals surface area contributed by atoms with E-state index < -0.39 is 22.0 Å². The number of methoxy groups -OCH3 is 1. The van der Waals surface area contributed by atoms with Gasteiger partial charge in [0.25, 0.3) is 0 Å². The number of carbonyl (C=O) groups is 1. The molecular formula is C21H24N4O4S3. The molecule has 3 aromatic rings. The van der Waals surface area contributed by atoms with Crippen LogP contribution in [0.5, 0.6) is 5.75 Å². The van der Waals surface area contributed by atoms with Crippen molar-refractivity contribution in [3.05, 3.63) is 59.7 Å². The molecule has 0 saturated carbocycles.